The van der Waals surface area contributed by atoms with Gasteiger partial charge >= 0.3 is 0 Å². The average Bonchev–Trinajstić information content (AvgIpc) is 2.89. The Morgan fingerprint density at radius 3 is 2.46 bits per heavy atom. The second-order valence-electron chi connectivity index (χ2n) is 11.4. The monoisotopic (exact) mass is 496 g/mol. The molecule has 4 unspecified atom stereocenters. The molecule has 186 valence electrons. The molecule has 4 bridgehead atoms. The highest BCUT2D eigenvalue weighted by atomic mass is 19.1. The standard InChI is InChI=1S/C30H26F2N4O/c31-22-5-6-23(25(32)12-22)28-21-10-18-9-19(11-21)15-30(28,14-18)24-7-8-34-36-27(37)13-26(35-29(24)36)20-3-1-17(16-33)2-4-20/h1-6,8,12-13,18-19,21,24,28H,7,9-11,14-15H2. The molecule has 37 heavy (non-hydrogen) atoms. The number of hydrogen-bond acceptors (Lipinski definition) is 4. The number of fused-ring (bicyclic) bond motifs is 1. The molecule has 0 saturated heterocycles. The van der Waals surface area contributed by atoms with E-state index in [9.17, 15) is 9.18 Å². The number of halogens is 2. The Hall–Kier alpha value is -3.66. The van der Waals surface area contributed by atoms with Gasteiger partial charge in [-0.3, -0.25) is 4.79 Å². The van der Waals surface area contributed by atoms with Gasteiger partial charge in [0.15, 0.2) is 0 Å². The summed E-state index contributed by atoms with van der Waals surface area (Å²) < 4.78 is 30.6. The van der Waals surface area contributed by atoms with Crippen LogP contribution in [0.4, 0.5) is 8.78 Å². The zero-order valence-corrected chi connectivity index (χ0v) is 20.3. The molecule has 0 N–H and O–H groups in total. The van der Waals surface area contributed by atoms with Gasteiger partial charge in [0.25, 0.3) is 5.56 Å². The molecule has 2 aromatic carbocycles. The fourth-order valence-electron chi connectivity index (χ4n) is 8.45. The Kier molecular flexibility index (Phi) is 4.98. The van der Waals surface area contributed by atoms with Crippen molar-refractivity contribution in [1.82, 2.24) is 9.66 Å². The highest BCUT2D eigenvalue weighted by molar-refractivity contribution is 5.63. The van der Waals surface area contributed by atoms with Gasteiger partial charge in [0.2, 0.25) is 0 Å². The lowest BCUT2D eigenvalue weighted by Gasteiger charge is -2.64. The second kappa shape index (κ2) is 8.17. The zero-order valence-electron chi connectivity index (χ0n) is 20.3. The van der Waals surface area contributed by atoms with Crippen LogP contribution in [0.5, 0.6) is 0 Å². The van der Waals surface area contributed by atoms with E-state index in [2.05, 4.69) is 11.2 Å². The summed E-state index contributed by atoms with van der Waals surface area (Å²) in [5, 5.41) is 13.6. The molecule has 0 radical (unpaired) electrons. The highest BCUT2D eigenvalue weighted by Gasteiger charge is 2.61. The lowest BCUT2D eigenvalue weighted by molar-refractivity contribution is -0.0932. The van der Waals surface area contributed by atoms with Crippen molar-refractivity contribution >= 4 is 6.21 Å². The van der Waals surface area contributed by atoms with Crippen LogP contribution in [0.3, 0.4) is 0 Å². The molecule has 1 aromatic heterocycles. The van der Waals surface area contributed by atoms with Crippen molar-refractivity contribution in [3.8, 4) is 17.3 Å². The minimum absolute atomic E-state index is 0.0543. The molecule has 3 aromatic rings. The van der Waals surface area contributed by atoms with Crippen molar-refractivity contribution in [1.29, 1.82) is 5.26 Å². The Balaban J connectivity index is 1.39. The van der Waals surface area contributed by atoms with Gasteiger partial charge in [-0.1, -0.05) is 18.2 Å². The first kappa shape index (κ1) is 22.5. The molecular weight excluding hydrogens is 470 g/mol. The van der Waals surface area contributed by atoms with Crippen molar-refractivity contribution in [3.63, 3.8) is 0 Å². The number of aromatic nitrogens is 2. The second-order valence-corrected chi connectivity index (χ2v) is 11.4. The van der Waals surface area contributed by atoms with E-state index in [0.29, 0.717) is 46.8 Å². The molecule has 7 heteroatoms. The van der Waals surface area contributed by atoms with Crippen LogP contribution in [0, 0.1) is 46.1 Å². The Bertz CT molecular complexity index is 1520. The molecule has 5 aliphatic rings. The molecule has 1 aliphatic heterocycles. The predicted molar refractivity (Wildman–Crippen MR) is 135 cm³/mol. The first-order valence-corrected chi connectivity index (χ1v) is 13.1. The summed E-state index contributed by atoms with van der Waals surface area (Å²) in [5.74, 6) is 0.944. The summed E-state index contributed by atoms with van der Waals surface area (Å²) in [7, 11) is 0. The molecule has 2 heterocycles. The van der Waals surface area contributed by atoms with Gasteiger partial charge in [-0.05, 0) is 91.4 Å². The van der Waals surface area contributed by atoms with E-state index < -0.39 is 11.6 Å². The minimum atomic E-state index is -0.561. The van der Waals surface area contributed by atoms with E-state index in [-0.39, 0.29) is 22.8 Å². The van der Waals surface area contributed by atoms with Crippen molar-refractivity contribution in [2.75, 3.05) is 0 Å². The lowest BCUT2D eigenvalue weighted by atomic mass is 9.40. The van der Waals surface area contributed by atoms with Gasteiger partial charge in [-0.2, -0.15) is 15.0 Å². The summed E-state index contributed by atoms with van der Waals surface area (Å²) in [6, 6.07) is 14.7. The quantitative estimate of drug-likeness (QED) is 0.447. The molecule has 4 fully saturated rings. The van der Waals surface area contributed by atoms with E-state index in [4.69, 9.17) is 10.2 Å². The van der Waals surface area contributed by atoms with Gasteiger partial charge in [0, 0.05) is 29.8 Å². The van der Waals surface area contributed by atoms with Crippen LogP contribution in [-0.2, 0) is 0 Å². The summed E-state index contributed by atoms with van der Waals surface area (Å²) >= 11 is 0. The fourth-order valence-corrected chi connectivity index (χ4v) is 8.45. The SMILES string of the molecule is N#Cc1ccc(-c2cc(=O)n3c(n2)C(C24CC5CC(CC(C5)C2c2ccc(F)cc2F)C4)CC=N3)cc1. The van der Waals surface area contributed by atoms with Crippen LogP contribution in [0.1, 0.15) is 67.3 Å². The maximum absolute atomic E-state index is 15.3. The van der Waals surface area contributed by atoms with E-state index >= 15 is 4.39 Å². The van der Waals surface area contributed by atoms with Gasteiger partial charge < -0.3 is 0 Å². The van der Waals surface area contributed by atoms with Gasteiger partial charge in [0.05, 0.1) is 17.3 Å². The molecule has 4 saturated carbocycles. The number of benzene rings is 2. The van der Waals surface area contributed by atoms with Crippen molar-refractivity contribution in [2.24, 2.45) is 28.3 Å². The minimum Gasteiger partial charge on any atom is -0.267 e. The van der Waals surface area contributed by atoms with Crippen LogP contribution in [-0.4, -0.2) is 15.9 Å². The smallest absolute Gasteiger partial charge is 0.267 e. The average molecular weight is 497 g/mol. The molecule has 4 aliphatic carbocycles. The van der Waals surface area contributed by atoms with Gasteiger partial charge in [-0.25, -0.2) is 13.8 Å². The van der Waals surface area contributed by atoms with Crippen LogP contribution in [0.25, 0.3) is 11.3 Å². The Morgan fingerprint density at radius 1 is 1.00 bits per heavy atom. The van der Waals surface area contributed by atoms with Crippen LogP contribution < -0.4 is 5.56 Å². The Morgan fingerprint density at radius 2 is 1.76 bits per heavy atom. The number of nitriles is 1. The van der Waals surface area contributed by atoms with E-state index in [1.54, 1.807) is 36.5 Å². The maximum Gasteiger partial charge on any atom is 0.274 e. The van der Waals surface area contributed by atoms with Crippen LogP contribution in [0.15, 0.2) is 58.4 Å². The molecule has 0 amide bonds. The number of nitrogens with zero attached hydrogens (tertiary/aromatic N) is 4. The third kappa shape index (κ3) is 3.42. The van der Waals surface area contributed by atoms with E-state index in [1.165, 1.54) is 23.2 Å². The molecule has 0 spiro atoms. The Labute approximate surface area is 213 Å². The van der Waals surface area contributed by atoms with Crippen molar-refractivity contribution in [3.05, 3.63) is 87.5 Å². The molecule has 8 rings (SSSR count). The molecule has 4 atom stereocenters. The third-order valence-electron chi connectivity index (χ3n) is 9.44. The lowest BCUT2D eigenvalue weighted by Crippen LogP contribution is -2.55. The van der Waals surface area contributed by atoms with Crippen molar-refractivity contribution in [2.45, 2.75) is 50.4 Å². The summed E-state index contributed by atoms with van der Waals surface area (Å²) in [5.41, 5.74) is 1.93. The highest BCUT2D eigenvalue weighted by Crippen LogP contribution is 2.70. The molecular formula is C30H26F2N4O. The summed E-state index contributed by atoms with van der Waals surface area (Å²) in [6.07, 6.45) is 7.71. The zero-order chi connectivity index (χ0) is 25.3. The first-order chi connectivity index (χ1) is 17.9. The van der Waals surface area contributed by atoms with Gasteiger partial charge in [-0.15, -0.1) is 0 Å². The third-order valence-corrected chi connectivity index (χ3v) is 9.44. The van der Waals surface area contributed by atoms with Crippen LogP contribution >= 0.6 is 0 Å². The summed E-state index contributed by atoms with van der Waals surface area (Å²) in [4.78, 5) is 18.3. The van der Waals surface area contributed by atoms with E-state index in [0.717, 1.165) is 37.3 Å². The normalized spacial score (nSPS) is 31.2. The van der Waals surface area contributed by atoms with Gasteiger partial charge in [0.1, 0.15) is 17.5 Å². The van der Waals surface area contributed by atoms with Crippen LogP contribution in [0.2, 0.25) is 0 Å². The summed E-state index contributed by atoms with van der Waals surface area (Å²) in [6.45, 7) is 0. The molecule has 5 nitrogen and oxygen atoms in total. The number of hydrogen-bond donors (Lipinski definition) is 0. The maximum atomic E-state index is 15.3. The number of rotatable bonds is 3. The predicted octanol–water partition coefficient (Wildman–Crippen LogP) is 5.99. The largest absolute Gasteiger partial charge is 0.274 e. The van der Waals surface area contributed by atoms with E-state index in [1.807, 2.05) is 0 Å². The van der Waals surface area contributed by atoms with Crippen molar-refractivity contribution < 1.29 is 8.78 Å². The first-order valence-electron chi connectivity index (χ1n) is 13.1. The fraction of sp³-hybridized carbons (Fsp3) is 0.400. The topological polar surface area (TPSA) is 71.0 Å².